The van der Waals surface area contributed by atoms with E-state index in [-0.39, 0.29) is 11.5 Å². The van der Waals surface area contributed by atoms with E-state index in [1.54, 1.807) is 12.1 Å². The van der Waals surface area contributed by atoms with Crippen LogP contribution in [0.15, 0.2) is 67.0 Å². The summed E-state index contributed by atoms with van der Waals surface area (Å²) in [4.78, 5) is 16.1. The number of nitrogens with zero attached hydrogens (tertiary/aromatic N) is 2. The smallest absolute Gasteiger partial charge is 0.182 e. The molecule has 0 amide bonds. The van der Waals surface area contributed by atoms with Crippen molar-refractivity contribution in [2.24, 2.45) is 0 Å². The maximum absolute atomic E-state index is 12.2. The Morgan fingerprint density at radius 3 is 2.43 bits per heavy atom. The molecule has 0 atom stereocenters. The average molecular weight is 280 g/mol. The van der Waals surface area contributed by atoms with Crippen molar-refractivity contribution in [3.8, 4) is 5.75 Å². The van der Waals surface area contributed by atoms with E-state index in [1.165, 1.54) is 0 Å². The van der Waals surface area contributed by atoms with Crippen LogP contribution in [-0.2, 0) is 0 Å². The molecule has 0 saturated heterocycles. The summed E-state index contributed by atoms with van der Waals surface area (Å²) < 4.78 is 0. The molecule has 0 saturated carbocycles. The Labute approximate surface area is 123 Å². The van der Waals surface area contributed by atoms with Gasteiger partial charge in [-0.2, -0.15) is 0 Å². The Morgan fingerprint density at radius 1 is 1.00 bits per heavy atom. The predicted molar refractivity (Wildman–Crippen MR) is 82.1 cm³/mol. The first-order valence-corrected chi connectivity index (χ1v) is 6.79. The molecule has 21 heavy (non-hydrogen) atoms. The third-order valence-corrected chi connectivity index (χ3v) is 3.42. The molecule has 106 valence electrons. The van der Waals surface area contributed by atoms with Gasteiger partial charge in [0.1, 0.15) is 5.75 Å². The molecule has 3 rings (SSSR count). The largest absolute Gasteiger partial charge is 0.508 e. The fourth-order valence-corrected chi connectivity index (χ4v) is 2.28. The first-order valence-electron chi connectivity index (χ1n) is 6.79. The van der Waals surface area contributed by atoms with Crippen LogP contribution in [0.1, 0.15) is 10.4 Å². The molecule has 1 aliphatic rings. The second kappa shape index (κ2) is 5.71. The molecule has 0 bridgehead atoms. The fourth-order valence-electron chi connectivity index (χ4n) is 2.28. The van der Waals surface area contributed by atoms with E-state index in [9.17, 15) is 9.90 Å². The summed E-state index contributed by atoms with van der Waals surface area (Å²) in [7, 11) is 0. The lowest BCUT2D eigenvalue weighted by molar-refractivity contribution is 0.0959. The van der Waals surface area contributed by atoms with Crippen molar-refractivity contribution >= 4 is 11.5 Å². The van der Waals surface area contributed by atoms with Crippen molar-refractivity contribution in [1.82, 2.24) is 4.90 Å². The van der Waals surface area contributed by atoms with Crippen molar-refractivity contribution in [2.75, 3.05) is 18.1 Å². The molecule has 0 fully saturated rings. The lowest BCUT2D eigenvalue weighted by atomic mass is 10.1. The first kappa shape index (κ1) is 13.2. The second-order valence-electron chi connectivity index (χ2n) is 4.96. The maximum Gasteiger partial charge on any atom is 0.182 e. The summed E-state index contributed by atoms with van der Waals surface area (Å²) in [5, 5.41) is 9.30. The van der Waals surface area contributed by atoms with Gasteiger partial charge in [-0.1, -0.05) is 30.3 Å². The summed E-state index contributed by atoms with van der Waals surface area (Å²) in [6.07, 6.45) is 3.85. The van der Waals surface area contributed by atoms with Crippen LogP contribution in [0.25, 0.3) is 0 Å². The van der Waals surface area contributed by atoms with Gasteiger partial charge < -0.3 is 14.9 Å². The van der Waals surface area contributed by atoms with Crippen molar-refractivity contribution < 1.29 is 9.90 Å². The molecular formula is C17H16N2O2. The van der Waals surface area contributed by atoms with E-state index >= 15 is 0 Å². The Kier molecular flexibility index (Phi) is 3.60. The Balaban J connectivity index is 1.62. The number of hydrogen-bond acceptors (Lipinski definition) is 4. The molecular weight excluding hydrogens is 264 g/mol. The lowest BCUT2D eigenvalue weighted by Gasteiger charge is -2.20. The monoisotopic (exact) mass is 280 g/mol. The summed E-state index contributed by atoms with van der Waals surface area (Å²) in [5.74, 6) is 0.353. The van der Waals surface area contributed by atoms with Crippen LogP contribution in [0.3, 0.4) is 0 Å². The highest BCUT2D eigenvalue weighted by Crippen LogP contribution is 2.21. The van der Waals surface area contributed by atoms with Gasteiger partial charge >= 0.3 is 0 Å². The zero-order valence-corrected chi connectivity index (χ0v) is 11.5. The highest BCUT2D eigenvalue weighted by atomic mass is 16.3. The van der Waals surface area contributed by atoms with Gasteiger partial charge in [-0.25, -0.2) is 0 Å². The number of hydrogen-bond donors (Lipinski definition) is 1. The number of anilines is 1. The molecule has 4 nitrogen and oxygen atoms in total. The number of carbonyl (C=O) groups excluding carboxylic acids is 1. The summed E-state index contributed by atoms with van der Waals surface area (Å²) in [5.41, 5.74) is 1.72. The Hall–Kier alpha value is -2.75. The van der Waals surface area contributed by atoms with E-state index in [1.807, 2.05) is 64.7 Å². The zero-order valence-electron chi connectivity index (χ0n) is 11.5. The van der Waals surface area contributed by atoms with Gasteiger partial charge in [-0.05, 0) is 24.3 Å². The molecule has 4 heteroatoms. The van der Waals surface area contributed by atoms with Gasteiger partial charge in [0.05, 0.1) is 13.2 Å². The molecule has 0 aliphatic carbocycles. The van der Waals surface area contributed by atoms with Crippen molar-refractivity contribution in [2.45, 2.75) is 0 Å². The maximum atomic E-state index is 12.2. The third kappa shape index (κ3) is 3.05. The number of ketones is 1. The van der Waals surface area contributed by atoms with Crippen molar-refractivity contribution in [1.29, 1.82) is 0 Å². The number of Topliss-reactive ketones (excluding diaryl/α,β-unsaturated/α-hetero) is 1. The predicted octanol–water partition coefficient (Wildman–Crippen LogP) is 2.83. The van der Waals surface area contributed by atoms with Crippen molar-refractivity contribution in [3.05, 3.63) is 72.6 Å². The van der Waals surface area contributed by atoms with E-state index in [4.69, 9.17) is 0 Å². The van der Waals surface area contributed by atoms with E-state index in [0.717, 1.165) is 11.3 Å². The van der Waals surface area contributed by atoms with Gasteiger partial charge in [0, 0.05) is 23.7 Å². The number of benzene rings is 2. The molecule has 1 aliphatic heterocycles. The number of carbonyl (C=O) groups is 1. The minimum atomic E-state index is 0.104. The highest BCUT2D eigenvalue weighted by Gasteiger charge is 2.17. The van der Waals surface area contributed by atoms with Gasteiger partial charge in [0.2, 0.25) is 0 Å². The molecule has 2 aromatic rings. The molecule has 0 radical (unpaired) electrons. The molecule has 0 aromatic heterocycles. The fraction of sp³-hybridized carbons (Fsp3) is 0.118. The average Bonchev–Trinajstić information content (AvgIpc) is 2.97. The molecule has 1 N–H and O–H groups in total. The van der Waals surface area contributed by atoms with Crippen molar-refractivity contribution in [3.63, 3.8) is 0 Å². The zero-order chi connectivity index (χ0) is 14.7. The first-order chi connectivity index (χ1) is 10.2. The Bertz CT molecular complexity index is 650. The van der Waals surface area contributed by atoms with E-state index < -0.39 is 0 Å². The van der Waals surface area contributed by atoms with Crippen LogP contribution in [0.2, 0.25) is 0 Å². The quantitative estimate of drug-likeness (QED) is 0.875. The van der Waals surface area contributed by atoms with Gasteiger partial charge in [-0.3, -0.25) is 4.79 Å². The highest BCUT2D eigenvalue weighted by molar-refractivity contribution is 5.97. The number of rotatable bonds is 4. The SMILES string of the molecule is O=C(CN1C=CN(c2ccc(O)cc2)C1)c1ccccc1. The summed E-state index contributed by atoms with van der Waals surface area (Å²) in [6, 6.07) is 16.3. The van der Waals surface area contributed by atoms with E-state index in [2.05, 4.69) is 0 Å². The molecule has 0 unspecified atom stereocenters. The summed E-state index contributed by atoms with van der Waals surface area (Å²) >= 11 is 0. The molecule has 1 heterocycles. The number of aromatic hydroxyl groups is 1. The normalized spacial score (nSPS) is 13.7. The topological polar surface area (TPSA) is 43.8 Å². The van der Waals surface area contributed by atoms with Crippen LogP contribution in [0.5, 0.6) is 5.75 Å². The Morgan fingerprint density at radius 2 is 1.71 bits per heavy atom. The third-order valence-electron chi connectivity index (χ3n) is 3.42. The molecule has 0 spiro atoms. The lowest BCUT2D eigenvalue weighted by Crippen LogP contribution is -2.29. The number of phenols is 1. The minimum Gasteiger partial charge on any atom is -0.508 e. The van der Waals surface area contributed by atoms with E-state index in [0.29, 0.717) is 13.2 Å². The van der Waals surface area contributed by atoms with Crippen LogP contribution < -0.4 is 4.90 Å². The summed E-state index contributed by atoms with van der Waals surface area (Å²) in [6.45, 7) is 0.985. The standard InChI is InChI=1S/C17H16N2O2/c20-16-8-6-15(7-9-16)19-11-10-18(13-19)12-17(21)14-4-2-1-3-5-14/h1-11,20H,12-13H2. The second-order valence-corrected chi connectivity index (χ2v) is 4.96. The molecule has 2 aromatic carbocycles. The van der Waals surface area contributed by atoms with Gasteiger partial charge in [0.15, 0.2) is 5.78 Å². The van der Waals surface area contributed by atoms with Crippen LogP contribution in [0.4, 0.5) is 5.69 Å². The number of phenolic OH excluding ortho intramolecular Hbond substituents is 1. The van der Waals surface area contributed by atoms with Crippen LogP contribution in [-0.4, -0.2) is 29.0 Å². The minimum absolute atomic E-state index is 0.104. The van der Waals surface area contributed by atoms with Crippen LogP contribution in [0, 0.1) is 0 Å². The van der Waals surface area contributed by atoms with Crippen LogP contribution >= 0.6 is 0 Å². The van der Waals surface area contributed by atoms with Gasteiger partial charge in [-0.15, -0.1) is 0 Å². The van der Waals surface area contributed by atoms with Gasteiger partial charge in [0.25, 0.3) is 0 Å².